The highest BCUT2D eigenvalue weighted by Crippen LogP contribution is 2.24. The van der Waals surface area contributed by atoms with E-state index in [9.17, 15) is 19.2 Å². The Morgan fingerprint density at radius 1 is 1.37 bits per heavy atom. The normalized spacial score (nSPS) is 19.8. The Morgan fingerprint density at radius 3 is 2.53 bits per heavy atom. The average Bonchev–Trinajstić information content (AvgIpc) is 2.19. The second kappa shape index (κ2) is 5.81. The van der Waals surface area contributed by atoms with Gasteiger partial charge in [-0.2, -0.15) is 0 Å². The van der Waals surface area contributed by atoms with Crippen molar-refractivity contribution in [1.82, 2.24) is 10.6 Å². The van der Waals surface area contributed by atoms with Gasteiger partial charge in [0.15, 0.2) is 0 Å². The number of carbonyl (C=O) groups is 4. The molecule has 7 nitrogen and oxygen atoms in total. The molecular formula is C12H18N2O5. The van der Waals surface area contributed by atoms with Gasteiger partial charge in [-0.1, -0.05) is 13.8 Å². The molecule has 1 rings (SSSR count). The molecule has 7 heteroatoms. The molecule has 0 saturated carbocycles. The van der Waals surface area contributed by atoms with Gasteiger partial charge in [-0.05, 0) is 11.8 Å². The summed E-state index contributed by atoms with van der Waals surface area (Å²) in [5.74, 6) is -2.22. The largest absolute Gasteiger partial charge is 0.481 e. The van der Waals surface area contributed by atoms with E-state index in [1.165, 1.54) is 0 Å². The molecule has 1 saturated heterocycles. The average molecular weight is 270 g/mol. The van der Waals surface area contributed by atoms with Crippen LogP contribution >= 0.6 is 0 Å². The Kier molecular flexibility index (Phi) is 4.63. The zero-order chi connectivity index (χ0) is 14.6. The predicted molar refractivity (Wildman–Crippen MR) is 65.0 cm³/mol. The Bertz CT molecular complexity index is 416. The molecule has 0 aliphatic carbocycles. The minimum atomic E-state index is -0.973. The summed E-state index contributed by atoms with van der Waals surface area (Å²) in [5.41, 5.74) is -0.684. The van der Waals surface area contributed by atoms with Crippen LogP contribution in [-0.2, 0) is 19.2 Å². The summed E-state index contributed by atoms with van der Waals surface area (Å²) >= 11 is 0. The van der Waals surface area contributed by atoms with E-state index in [0.29, 0.717) is 0 Å². The zero-order valence-electron chi connectivity index (χ0n) is 11.0. The molecule has 0 radical (unpaired) electrons. The highest BCUT2D eigenvalue weighted by atomic mass is 16.4. The predicted octanol–water partition coefficient (Wildman–Crippen LogP) is -0.201. The van der Waals surface area contributed by atoms with Gasteiger partial charge in [0.1, 0.15) is 6.04 Å². The van der Waals surface area contributed by atoms with Crippen LogP contribution in [0, 0.1) is 5.41 Å². The van der Waals surface area contributed by atoms with Gasteiger partial charge in [0.05, 0.1) is 6.42 Å². The third kappa shape index (κ3) is 5.07. The monoisotopic (exact) mass is 270 g/mol. The van der Waals surface area contributed by atoms with Gasteiger partial charge >= 0.3 is 5.97 Å². The second-order valence-electron chi connectivity index (χ2n) is 5.48. The van der Waals surface area contributed by atoms with Gasteiger partial charge in [0, 0.05) is 12.8 Å². The molecule has 19 heavy (non-hydrogen) atoms. The Morgan fingerprint density at radius 2 is 2.00 bits per heavy atom. The number of aliphatic carboxylic acids is 1. The summed E-state index contributed by atoms with van der Waals surface area (Å²) in [4.78, 5) is 44.8. The number of nitrogens with one attached hydrogen (secondary N) is 2. The third-order valence-electron chi connectivity index (χ3n) is 2.84. The lowest BCUT2D eigenvalue weighted by Gasteiger charge is -2.25. The zero-order valence-corrected chi connectivity index (χ0v) is 11.0. The van der Waals surface area contributed by atoms with E-state index < -0.39 is 23.3 Å². The van der Waals surface area contributed by atoms with E-state index in [2.05, 4.69) is 10.6 Å². The lowest BCUT2D eigenvalue weighted by Crippen LogP contribution is -2.52. The summed E-state index contributed by atoms with van der Waals surface area (Å²) in [6, 6.07) is -0.717. The molecule has 1 aliphatic rings. The lowest BCUT2D eigenvalue weighted by atomic mass is 9.85. The molecule has 1 heterocycles. The van der Waals surface area contributed by atoms with Crippen LogP contribution in [0.3, 0.4) is 0 Å². The van der Waals surface area contributed by atoms with Crippen LogP contribution in [0.4, 0.5) is 0 Å². The number of hydrogen-bond acceptors (Lipinski definition) is 4. The van der Waals surface area contributed by atoms with Crippen molar-refractivity contribution in [3.63, 3.8) is 0 Å². The summed E-state index contributed by atoms with van der Waals surface area (Å²) in [6.45, 7) is 3.34. The quantitative estimate of drug-likeness (QED) is 0.599. The van der Waals surface area contributed by atoms with Crippen LogP contribution in [0.5, 0.6) is 0 Å². The molecule has 1 unspecified atom stereocenters. The number of carbonyl (C=O) groups excluding carboxylic acids is 3. The topological polar surface area (TPSA) is 113 Å². The van der Waals surface area contributed by atoms with Gasteiger partial charge in [-0.15, -0.1) is 0 Å². The molecule has 0 spiro atoms. The fourth-order valence-electron chi connectivity index (χ4n) is 1.98. The maximum absolute atomic E-state index is 11.8. The molecule has 1 aliphatic heterocycles. The van der Waals surface area contributed by atoms with Gasteiger partial charge in [-0.3, -0.25) is 24.5 Å². The van der Waals surface area contributed by atoms with Crippen molar-refractivity contribution in [1.29, 1.82) is 0 Å². The van der Waals surface area contributed by atoms with Crippen molar-refractivity contribution in [3.8, 4) is 0 Å². The minimum absolute atomic E-state index is 0.0109. The van der Waals surface area contributed by atoms with Gasteiger partial charge < -0.3 is 10.4 Å². The van der Waals surface area contributed by atoms with E-state index in [4.69, 9.17) is 5.11 Å². The van der Waals surface area contributed by atoms with Crippen LogP contribution in [0.15, 0.2) is 0 Å². The van der Waals surface area contributed by atoms with Gasteiger partial charge in [0.25, 0.3) is 0 Å². The fraction of sp³-hybridized carbons (Fsp3) is 0.667. The van der Waals surface area contributed by atoms with Crippen LogP contribution in [0.1, 0.15) is 39.5 Å². The lowest BCUT2D eigenvalue weighted by molar-refractivity contribution is -0.141. The maximum atomic E-state index is 11.8. The number of rotatable bonds is 5. The molecular weight excluding hydrogens is 252 g/mol. The number of carboxylic acids is 1. The van der Waals surface area contributed by atoms with Crippen LogP contribution in [0.2, 0.25) is 0 Å². The van der Waals surface area contributed by atoms with E-state index >= 15 is 0 Å². The summed E-state index contributed by atoms with van der Waals surface area (Å²) in [7, 11) is 0. The first-order chi connectivity index (χ1) is 8.69. The van der Waals surface area contributed by atoms with Crippen LogP contribution < -0.4 is 10.6 Å². The molecule has 106 valence electrons. The summed E-state index contributed by atoms with van der Waals surface area (Å²) in [5, 5.41) is 13.4. The standard InChI is InChI=1S/C12H18N2O5/c1-12(2,6-10(17)18)5-9(16)13-7-3-4-8(15)14-11(7)19/h7H,3-6H2,1-2H3,(H,13,16)(H,17,18)(H,14,15,19). The first kappa shape index (κ1) is 15.1. The highest BCUT2D eigenvalue weighted by molar-refractivity contribution is 6.01. The smallest absolute Gasteiger partial charge is 0.303 e. The number of piperidine rings is 1. The third-order valence-corrected chi connectivity index (χ3v) is 2.84. The molecule has 0 aromatic carbocycles. The first-order valence-electron chi connectivity index (χ1n) is 6.04. The van der Waals surface area contributed by atoms with Crippen LogP contribution in [-0.4, -0.2) is 34.8 Å². The first-order valence-corrected chi connectivity index (χ1v) is 6.04. The molecule has 3 amide bonds. The van der Waals surface area contributed by atoms with Gasteiger partial charge in [0.2, 0.25) is 17.7 Å². The van der Waals surface area contributed by atoms with E-state index in [-0.39, 0.29) is 37.5 Å². The number of hydrogen-bond donors (Lipinski definition) is 3. The Balaban J connectivity index is 2.49. The van der Waals surface area contributed by atoms with Crippen molar-refractivity contribution < 1.29 is 24.3 Å². The van der Waals surface area contributed by atoms with Crippen molar-refractivity contribution >= 4 is 23.7 Å². The minimum Gasteiger partial charge on any atom is -0.481 e. The van der Waals surface area contributed by atoms with Crippen molar-refractivity contribution in [2.45, 2.75) is 45.6 Å². The Hall–Kier alpha value is -1.92. The SMILES string of the molecule is CC(C)(CC(=O)O)CC(=O)NC1CCC(=O)NC1=O. The molecule has 0 aromatic rings. The highest BCUT2D eigenvalue weighted by Gasteiger charge is 2.30. The van der Waals surface area contributed by atoms with E-state index in [1.807, 2.05) is 0 Å². The van der Waals surface area contributed by atoms with E-state index in [1.54, 1.807) is 13.8 Å². The number of amides is 3. The maximum Gasteiger partial charge on any atom is 0.303 e. The number of carboxylic acid groups (broad SMARTS) is 1. The van der Waals surface area contributed by atoms with E-state index in [0.717, 1.165) is 0 Å². The van der Waals surface area contributed by atoms with Crippen molar-refractivity contribution in [3.05, 3.63) is 0 Å². The fourth-order valence-corrected chi connectivity index (χ4v) is 1.98. The van der Waals surface area contributed by atoms with Crippen molar-refractivity contribution in [2.24, 2.45) is 5.41 Å². The van der Waals surface area contributed by atoms with Gasteiger partial charge in [-0.25, -0.2) is 0 Å². The second-order valence-corrected chi connectivity index (χ2v) is 5.48. The molecule has 0 aromatic heterocycles. The van der Waals surface area contributed by atoms with Crippen LogP contribution in [0.25, 0.3) is 0 Å². The summed E-state index contributed by atoms with van der Waals surface area (Å²) < 4.78 is 0. The molecule has 1 fully saturated rings. The number of imide groups is 1. The molecule has 3 N–H and O–H groups in total. The molecule has 1 atom stereocenters. The summed E-state index contributed by atoms with van der Waals surface area (Å²) in [6.07, 6.45) is 0.345. The Labute approximate surface area is 110 Å². The van der Waals surface area contributed by atoms with Crippen molar-refractivity contribution in [2.75, 3.05) is 0 Å². The molecule has 0 bridgehead atoms.